The van der Waals surface area contributed by atoms with Crippen molar-refractivity contribution >= 4 is 17.6 Å². The second kappa shape index (κ2) is 6.54. The monoisotopic (exact) mass is 338 g/mol. The van der Waals surface area contributed by atoms with Gasteiger partial charge in [0.15, 0.2) is 0 Å². The maximum atomic E-state index is 11.5. The molecule has 2 aromatic carbocycles. The number of carboxylic acids is 1. The molecule has 0 aliphatic heterocycles. The summed E-state index contributed by atoms with van der Waals surface area (Å²) in [7, 11) is 0. The summed E-state index contributed by atoms with van der Waals surface area (Å²) in [4.78, 5) is 11.5. The summed E-state index contributed by atoms with van der Waals surface area (Å²) in [5.74, 6) is -1.17. The number of carboxylic acid groups (broad SMARTS) is 1. The minimum Gasteiger partial charge on any atom is -0.545 e. The van der Waals surface area contributed by atoms with Crippen molar-refractivity contribution in [3.05, 3.63) is 76.4 Å². The molecular formula is C20H17ClNO2-. The maximum Gasteiger partial charge on any atom is 0.0733 e. The minimum absolute atomic E-state index is 0.194. The predicted molar refractivity (Wildman–Crippen MR) is 94.7 cm³/mol. The minimum atomic E-state index is -1.17. The van der Waals surface area contributed by atoms with Crippen LogP contribution in [0.3, 0.4) is 0 Å². The molecule has 0 spiro atoms. The van der Waals surface area contributed by atoms with Gasteiger partial charge in [0.25, 0.3) is 0 Å². The van der Waals surface area contributed by atoms with Crippen molar-refractivity contribution in [1.82, 2.24) is 4.57 Å². The van der Waals surface area contributed by atoms with Crippen LogP contribution >= 0.6 is 11.6 Å². The fourth-order valence-corrected chi connectivity index (χ4v) is 2.99. The van der Waals surface area contributed by atoms with Gasteiger partial charge < -0.3 is 14.5 Å². The molecule has 1 heterocycles. The molecule has 122 valence electrons. The Labute approximate surface area is 146 Å². The van der Waals surface area contributed by atoms with Gasteiger partial charge in [0.05, 0.1) is 11.7 Å². The number of hydrogen-bond donors (Lipinski definition) is 0. The van der Waals surface area contributed by atoms with Crippen LogP contribution < -0.4 is 5.11 Å². The largest absolute Gasteiger partial charge is 0.545 e. The SMILES string of the molecule is CCc1ccc(-n2c(-c3ccc(Cl)cc3)cc(C(=O)[O-])c2C)cc1. The van der Waals surface area contributed by atoms with Crippen LogP contribution in [0.15, 0.2) is 54.6 Å². The van der Waals surface area contributed by atoms with Crippen LogP contribution in [0.25, 0.3) is 16.9 Å². The number of benzene rings is 2. The highest BCUT2D eigenvalue weighted by molar-refractivity contribution is 6.30. The smallest absolute Gasteiger partial charge is 0.0733 e. The van der Waals surface area contributed by atoms with E-state index in [1.54, 1.807) is 25.1 Å². The van der Waals surface area contributed by atoms with Crippen molar-refractivity contribution in [1.29, 1.82) is 0 Å². The zero-order chi connectivity index (χ0) is 17.3. The second-order valence-electron chi connectivity index (χ2n) is 5.68. The third-order valence-corrected chi connectivity index (χ3v) is 4.46. The number of carbonyl (C=O) groups excluding carboxylic acids is 1. The highest BCUT2D eigenvalue weighted by Crippen LogP contribution is 2.30. The first kappa shape index (κ1) is 16.3. The Bertz CT molecular complexity index is 877. The van der Waals surface area contributed by atoms with Crippen LogP contribution in [-0.4, -0.2) is 10.5 Å². The van der Waals surface area contributed by atoms with E-state index in [-0.39, 0.29) is 5.56 Å². The van der Waals surface area contributed by atoms with E-state index in [4.69, 9.17) is 11.6 Å². The Kier molecular flexibility index (Phi) is 4.45. The zero-order valence-electron chi connectivity index (χ0n) is 13.5. The van der Waals surface area contributed by atoms with E-state index in [1.807, 2.05) is 28.8 Å². The molecule has 0 saturated carbocycles. The van der Waals surface area contributed by atoms with Gasteiger partial charge in [-0.2, -0.15) is 0 Å². The van der Waals surface area contributed by atoms with Gasteiger partial charge in [-0.25, -0.2) is 0 Å². The number of aromatic nitrogens is 1. The molecule has 4 heteroatoms. The standard InChI is InChI=1S/C20H18ClNO2/c1-3-14-4-10-17(11-5-14)22-13(2)18(20(23)24)12-19(22)15-6-8-16(21)9-7-15/h4-12H,3H2,1-2H3,(H,23,24)/p-1. The van der Waals surface area contributed by atoms with Crippen molar-refractivity contribution in [2.75, 3.05) is 0 Å². The average Bonchev–Trinajstić information content (AvgIpc) is 2.93. The third-order valence-electron chi connectivity index (χ3n) is 4.21. The normalized spacial score (nSPS) is 10.8. The van der Waals surface area contributed by atoms with Crippen LogP contribution in [0, 0.1) is 6.92 Å². The van der Waals surface area contributed by atoms with Crippen molar-refractivity contribution in [3.63, 3.8) is 0 Å². The molecule has 3 aromatic rings. The summed E-state index contributed by atoms with van der Waals surface area (Å²) in [5, 5.41) is 12.1. The Morgan fingerprint density at radius 1 is 1.08 bits per heavy atom. The van der Waals surface area contributed by atoms with E-state index < -0.39 is 5.97 Å². The van der Waals surface area contributed by atoms with Gasteiger partial charge in [-0.3, -0.25) is 0 Å². The van der Waals surface area contributed by atoms with Crippen molar-refractivity contribution in [3.8, 4) is 16.9 Å². The van der Waals surface area contributed by atoms with Gasteiger partial charge in [-0.15, -0.1) is 0 Å². The summed E-state index contributed by atoms with van der Waals surface area (Å²) >= 11 is 5.97. The Morgan fingerprint density at radius 2 is 1.71 bits per heavy atom. The molecule has 0 N–H and O–H groups in total. The number of halogens is 1. The van der Waals surface area contributed by atoms with Crippen LogP contribution in [0.2, 0.25) is 5.02 Å². The van der Waals surface area contributed by atoms with Gasteiger partial charge in [0.1, 0.15) is 0 Å². The second-order valence-corrected chi connectivity index (χ2v) is 6.11. The molecule has 0 atom stereocenters. The summed E-state index contributed by atoms with van der Waals surface area (Å²) in [5.41, 5.74) is 4.68. The molecule has 3 nitrogen and oxygen atoms in total. The van der Waals surface area contributed by atoms with E-state index in [0.717, 1.165) is 23.4 Å². The fourth-order valence-electron chi connectivity index (χ4n) is 2.86. The van der Waals surface area contributed by atoms with Gasteiger partial charge in [-0.1, -0.05) is 42.8 Å². The van der Waals surface area contributed by atoms with E-state index >= 15 is 0 Å². The Hall–Kier alpha value is -2.52. The van der Waals surface area contributed by atoms with Crippen LogP contribution in [0.4, 0.5) is 0 Å². The molecule has 0 fully saturated rings. The van der Waals surface area contributed by atoms with E-state index in [2.05, 4.69) is 19.1 Å². The number of aryl methyl sites for hydroxylation is 1. The molecular weight excluding hydrogens is 322 g/mol. The number of nitrogens with zero attached hydrogens (tertiary/aromatic N) is 1. The lowest BCUT2D eigenvalue weighted by Crippen LogP contribution is -2.22. The van der Waals surface area contributed by atoms with E-state index in [0.29, 0.717) is 10.7 Å². The van der Waals surface area contributed by atoms with Crippen molar-refractivity contribution in [2.24, 2.45) is 0 Å². The summed E-state index contributed by atoms with van der Waals surface area (Å²) in [6.45, 7) is 3.89. The molecule has 3 rings (SSSR count). The number of hydrogen-bond acceptors (Lipinski definition) is 2. The van der Waals surface area contributed by atoms with E-state index in [1.165, 1.54) is 5.56 Å². The lowest BCUT2D eigenvalue weighted by Gasteiger charge is -2.13. The first-order valence-electron chi connectivity index (χ1n) is 7.80. The molecule has 0 saturated heterocycles. The van der Waals surface area contributed by atoms with Crippen molar-refractivity contribution in [2.45, 2.75) is 20.3 Å². The number of rotatable bonds is 4. The summed E-state index contributed by atoms with van der Waals surface area (Å²) in [6.07, 6.45) is 0.958. The van der Waals surface area contributed by atoms with Crippen LogP contribution in [0.1, 0.15) is 28.5 Å². The lowest BCUT2D eigenvalue weighted by molar-refractivity contribution is -0.255. The zero-order valence-corrected chi connectivity index (χ0v) is 14.3. The highest BCUT2D eigenvalue weighted by atomic mass is 35.5. The van der Waals surface area contributed by atoms with E-state index in [9.17, 15) is 9.90 Å². The van der Waals surface area contributed by atoms with Gasteiger partial charge >= 0.3 is 0 Å². The van der Waals surface area contributed by atoms with Crippen molar-refractivity contribution < 1.29 is 9.90 Å². The van der Waals surface area contributed by atoms with Crippen LogP contribution in [0.5, 0.6) is 0 Å². The summed E-state index contributed by atoms with van der Waals surface area (Å²) < 4.78 is 1.94. The molecule has 0 aliphatic rings. The Balaban J connectivity index is 2.22. The quantitative estimate of drug-likeness (QED) is 0.721. The molecule has 0 bridgehead atoms. The number of aromatic carboxylic acids is 1. The molecule has 0 radical (unpaired) electrons. The van der Waals surface area contributed by atoms with Crippen LogP contribution in [-0.2, 0) is 6.42 Å². The Morgan fingerprint density at radius 3 is 2.25 bits per heavy atom. The average molecular weight is 339 g/mol. The molecule has 0 amide bonds. The number of carbonyl (C=O) groups is 1. The lowest BCUT2D eigenvalue weighted by atomic mass is 10.1. The fraction of sp³-hybridized carbons (Fsp3) is 0.150. The van der Waals surface area contributed by atoms with Gasteiger partial charge in [0, 0.05) is 22.0 Å². The molecule has 0 aliphatic carbocycles. The molecule has 24 heavy (non-hydrogen) atoms. The third kappa shape index (κ3) is 2.95. The predicted octanol–water partition coefficient (Wildman–Crippen LogP) is 4.03. The highest BCUT2D eigenvalue weighted by Gasteiger charge is 2.15. The molecule has 1 aromatic heterocycles. The molecule has 0 unspecified atom stereocenters. The van der Waals surface area contributed by atoms with Gasteiger partial charge in [-0.05, 0) is 54.8 Å². The topological polar surface area (TPSA) is 45.1 Å². The maximum absolute atomic E-state index is 11.5. The first-order chi connectivity index (χ1) is 11.5. The summed E-state index contributed by atoms with van der Waals surface area (Å²) in [6, 6.07) is 17.1. The van der Waals surface area contributed by atoms with Gasteiger partial charge in [0.2, 0.25) is 0 Å². The first-order valence-corrected chi connectivity index (χ1v) is 8.18.